The van der Waals surface area contributed by atoms with E-state index in [1.54, 1.807) is 6.92 Å². The predicted molar refractivity (Wildman–Crippen MR) is 72.8 cm³/mol. The van der Waals surface area contributed by atoms with Crippen LogP contribution in [0.1, 0.15) is 30.9 Å². The van der Waals surface area contributed by atoms with Gasteiger partial charge in [0, 0.05) is 25.3 Å². The lowest BCUT2D eigenvalue weighted by atomic mass is 9.93. The van der Waals surface area contributed by atoms with Crippen LogP contribution < -0.4 is 10.2 Å². The molecule has 2 nitrogen and oxygen atoms in total. The van der Waals surface area contributed by atoms with Crippen LogP contribution in [0, 0.1) is 0 Å². The summed E-state index contributed by atoms with van der Waals surface area (Å²) in [5, 5.41) is 3.41. The molecule has 98 valence electrons. The summed E-state index contributed by atoms with van der Waals surface area (Å²) in [6.45, 7) is 5.44. The molecule has 0 unspecified atom stereocenters. The van der Waals surface area contributed by atoms with Crippen LogP contribution in [-0.4, -0.2) is 25.3 Å². The van der Waals surface area contributed by atoms with Gasteiger partial charge in [0.25, 0.3) is 0 Å². The Hall–Kier alpha value is -1.09. The van der Waals surface area contributed by atoms with E-state index in [1.165, 1.54) is 16.8 Å². The van der Waals surface area contributed by atoms with Crippen LogP contribution in [0.25, 0.3) is 0 Å². The van der Waals surface area contributed by atoms with Crippen molar-refractivity contribution in [1.82, 2.24) is 5.32 Å². The number of halogens is 1. The summed E-state index contributed by atoms with van der Waals surface area (Å²) in [6.07, 6.45) is 2.39. The Morgan fingerprint density at radius 1 is 1.28 bits per heavy atom. The molecule has 2 heterocycles. The smallest absolute Gasteiger partial charge is 0.111 e. The van der Waals surface area contributed by atoms with E-state index >= 15 is 0 Å². The molecule has 1 aromatic rings. The molecule has 0 radical (unpaired) electrons. The molecule has 3 rings (SSSR count). The van der Waals surface area contributed by atoms with E-state index in [4.69, 9.17) is 0 Å². The van der Waals surface area contributed by atoms with E-state index in [-0.39, 0.29) is 0 Å². The second kappa shape index (κ2) is 4.54. The molecule has 1 fully saturated rings. The van der Waals surface area contributed by atoms with Crippen molar-refractivity contribution >= 4 is 5.69 Å². The van der Waals surface area contributed by atoms with Gasteiger partial charge in [0.15, 0.2) is 0 Å². The highest BCUT2D eigenvalue weighted by Gasteiger charge is 2.30. The quantitative estimate of drug-likeness (QED) is 0.822. The Balaban J connectivity index is 1.85. The summed E-state index contributed by atoms with van der Waals surface area (Å²) in [6, 6.07) is 6.53. The molecular formula is C15H21FN2. The number of hydrogen-bond donors (Lipinski definition) is 1. The normalized spacial score (nSPS) is 22.7. The van der Waals surface area contributed by atoms with Crippen molar-refractivity contribution in [3.63, 3.8) is 0 Å². The number of nitrogens with zero attached hydrogens (tertiary/aromatic N) is 1. The molecule has 0 saturated carbocycles. The minimum Gasteiger partial charge on any atom is -0.371 e. The van der Waals surface area contributed by atoms with Crippen molar-refractivity contribution in [2.75, 3.05) is 24.5 Å². The highest BCUT2D eigenvalue weighted by molar-refractivity contribution is 5.58. The first kappa shape index (κ1) is 12.0. The summed E-state index contributed by atoms with van der Waals surface area (Å²) < 4.78 is 13.9. The summed E-state index contributed by atoms with van der Waals surface area (Å²) in [5.74, 6) is 0. The van der Waals surface area contributed by atoms with Crippen LogP contribution in [0.4, 0.5) is 10.1 Å². The first-order valence-electron chi connectivity index (χ1n) is 6.91. The number of fused-ring (bicyclic) bond motifs is 1. The third kappa shape index (κ3) is 2.24. The van der Waals surface area contributed by atoms with Gasteiger partial charge in [0.1, 0.15) is 5.67 Å². The molecule has 18 heavy (non-hydrogen) atoms. The molecule has 0 spiro atoms. The average molecular weight is 248 g/mol. The van der Waals surface area contributed by atoms with E-state index in [0.717, 1.165) is 32.6 Å². The number of anilines is 1. The van der Waals surface area contributed by atoms with Gasteiger partial charge in [0.05, 0.1) is 0 Å². The third-order valence-electron chi connectivity index (χ3n) is 4.26. The standard InChI is InChI=1S/C15H21FN2/c1-15(16)6-9-18(10-7-15)14-4-2-3-12-11-17-8-5-13(12)14/h2-4,17H,5-11H2,1H3. The van der Waals surface area contributed by atoms with Crippen LogP contribution in [0.15, 0.2) is 18.2 Å². The van der Waals surface area contributed by atoms with Gasteiger partial charge in [-0.15, -0.1) is 0 Å². The van der Waals surface area contributed by atoms with Crippen LogP contribution in [0.3, 0.4) is 0 Å². The van der Waals surface area contributed by atoms with E-state index < -0.39 is 5.67 Å². The molecular weight excluding hydrogens is 227 g/mol. The van der Waals surface area contributed by atoms with Gasteiger partial charge >= 0.3 is 0 Å². The maximum atomic E-state index is 13.9. The SMILES string of the molecule is CC1(F)CCN(c2cccc3c2CCNC3)CC1. The topological polar surface area (TPSA) is 15.3 Å². The van der Waals surface area contributed by atoms with Gasteiger partial charge in [-0.25, -0.2) is 4.39 Å². The molecule has 0 aliphatic carbocycles. The molecule has 0 amide bonds. The molecule has 0 bridgehead atoms. The molecule has 2 aliphatic rings. The minimum absolute atomic E-state index is 0.648. The summed E-state index contributed by atoms with van der Waals surface area (Å²) in [7, 11) is 0. The summed E-state index contributed by atoms with van der Waals surface area (Å²) in [4.78, 5) is 2.37. The van der Waals surface area contributed by atoms with E-state index in [2.05, 4.69) is 28.4 Å². The molecule has 1 saturated heterocycles. The highest BCUT2D eigenvalue weighted by Crippen LogP contribution is 2.32. The van der Waals surface area contributed by atoms with Gasteiger partial charge in [-0.05, 0) is 49.9 Å². The molecule has 2 aliphatic heterocycles. The fourth-order valence-electron chi connectivity index (χ4n) is 3.02. The van der Waals surface area contributed by atoms with Crippen molar-refractivity contribution in [3.05, 3.63) is 29.3 Å². The van der Waals surface area contributed by atoms with Crippen molar-refractivity contribution in [2.24, 2.45) is 0 Å². The van der Waals surface area contributed by atoms with Gasteiger partial charge in [-0.3, -0.25) is 0 Å². The number of piperidine rings is 1. The Morgan fingerprint density at radius 3 is 2.83 bits per heavy atom. The molecule has 0 aromatic heterocycles. The number of benzene rings is 1. The van der Waals surface area contributed by atoms with Crippen LogP contribution in [0.2, 0.25) is 0 Å². The van der Waals surface area contributed by atoms with Gasteiger partial charge in [-0.2, -0.15) is 0 Å². The predicted octanol–water partition coefficient (Wildman–Crippen LogP) is 2.66. The zero-order valence-corrected chi connectivity index (χ0v) is 11.0. The van der Waals surface area contributed by atoms with Crippen molar-refractivity contribution in [2.45, 2.75) is 38.4 Å². The average Bonchev–Trinajstić information content (AvgIpc) is 2.38. The lowest BCUT2D eigenvalue weighted by molar-refractivity contribution is 0.149. The number of nitrogens with one attached hydrogen (secondary N) is 1. The maximum absolute atomic E-state index is 13.9. The van der Waals surface area contributed by atoms with Crippen molar-refractivity contribution in [1.29, 1.82) is 0 Å². The first-order chi connectivity index (χ1) is 8.66. The monoisotopic (exact) mass is 248 g/mol. The van der Waals surface area contributed by atoms with Crippen molar-refractivity contribution < 1.29 is 4.39 Å². The highest BCUT2D eigenvalue weighted by atomic mass is 19.1. The van der Waals surface area contributed by atoms with Crippen LogP contribution >= 0.6 is 0 Å². The minimum atomic E-state index is -0.965. The van der Waals surface area contributed by atoms with E-state index in [9.17, 15) is 4.39 Å². The fraction of sp³-hybridized carbons (Fsp3) is 0.600. The number of hydrogen-bond acceptors (Lipinski definition) is 2. The lowest BCUT2D eigenvalue weighted by Crippen LogP contribution is -2.41. The largest absolute Gasteiger partial charge is 0.371 e. The molecule has 3 heteroatoms. The number of rotatable bonds is 1. The maximum Gasteiger partial charge on any atom is 0.111 e. The third-order valence-corrected chi connectivity index (χ3v) is 4.26. The Morgan fingerprint density at radius 2 is 2.06 bits per heavy atom. The zero-order valence-electron chi connectivity index (χ0n) is 11.0. The van der Waals surface area contributed by atoms with Gasteiger partial charge in [0.2, 0.25) is 0 Å². The summed E-state index contributed by atoms with van der Waals surface area (Å²) in [5.41, 5.74) is 3.25. The van der Waals surface area contributed by atoms with Gasteiger partial charge < -0.3 is 10.2 Å². The van der Waals surface area contributed by atoms with Crippen LogP contribution in [0.5, 0.6) is 0 Å². The number of alkyl halides is 1. The van der Waals surface area contributed by atoms with E-state index in [1.807, 2.05) is 0 Å². The van der Waals surface area contributed by atoms with E-state index in [0.29, 0.717) is 12.8 Å². The summed E-state index contributed by atoms with van der Waals surface area (Å²) >= 11 is 0. The van der Waals surface area contributed by atoms with Crippen LogP contribution in [-0.2, 0) is 13.0 Å². The Labute approximate surface area is 108 Å². The second-order valence-electron chi connectivity index (χ2n) is 5.74. The molecule has 1 aromatic carbocycles. The lowest BCUT2D eigenvalue weighted by Gasteiger charge is -2.37. The Kier molecular flexibility index (Phi) is 3.02. The zero-order chi connectivity index (χ0) is 12.6. The molecule has 0 atom stereocenters. The van der Waals surface area contributed by atoms with Crippen molar-refractivity contribution in [3.8, 4) is 0 Å². The fourth-order valence-corrected chi connectivity index (χ4v) is 3.02. The van der Waals surface area contributed by atoms with Gasteiger partial charge in [-0.1, -0.05) is 12.1 Å². The first-order valence-corrected chi connectivity index (χ1v) is 6.91. The Bertz CT molecular complexity index is 432. The second-order valence-corrected chi connectivity index (χ2v) is 5.74. The molecule has 1 N–H and O–H groups in total.